The van der Waals surface area contributed by atoms with Gasteiger partial charge in [0.2, 0.25) is 0 Å². The van der Waals surface area contributed by atoms with Gasteiger partial charge in [-0.25, -0.2) is 0 Å². The highest BCUT2D eigenvalue weighted by atomic mass is 16.6. The van der Waals surface area contributed by atoms with E-state index in [0.717, 1.165) is 0 Å². The number of nitro benzene ring substituents is 1. The highest BCUT2D eigenvalue weighted by molar-refractivity contribution is 5.79. The van der Waals surface area contributed by atoms with E-state index in [0.29, 0.717) is 5.56 Å². The number of carbonyl (C=O) groups is 1. The number of nitriles is 1. The summed E-state index contributed by atoms with van der Waals surface area (Å²) in [6.07, 6.45) is 0. The summed E-state index contributed by atoms with van der Waals surface area (Å²) in [6.45, 7) is 6.53. The summed E-state index contributed by atoms with van der Waals surface area (Å²) >= 11 is 0. The Hall–Kier alpha value is -2.62. The van der Waals surface area contributed by atoms with Gasteiger partial charge in [-0.3, -0.25) is 14.9 Å². The van der Waals surface area contributed by atoms with Crippen LogP contribution in [0.4, 0.5) is 5.69 Å². The second kappa shape index (κ2) is 6.89. The minimum absolute atomic E-state index is 0.0676. The highest BCUT2D eigenvalue weighted by Crippen LogP contribution is 2.26. The van der Waals surface area contributed by atoms with Crippen molar-refractivity contribution in [1.29, 1.82) is 5.26 Å². The topological polar surface area (TPSA) is 105 Å². The summed E-state index contributed by atoms with van der Waals surface area (Å²) in [6, 6.07) is 6.48. The Morgan fingerprint density at radius 3 is 2.68 bits per heavy atom. The third-order valence-corrected chi connectivity index (χ3v) is 3.60. The van der Waals surface area contributed by atoms with E-state index >= 15 is 0 Å². The maximum Gasteiger partial charge on any atom is 0.276 e. The van der Waals surface area contributed by atoms with Gasteiger partial charge in [-0.15, -0.1) is 0 Å². The molecule has 0 spiro atoms. The SMILES string of the molecule is Cc1c(OCC(=O)NC(C)(C#N)C(C)C)cccc1[N+](=O)[O-]. The van der Waals surface area contributed by atoms with Gasteiger partial charge in [-0.05, 0) is 25.8 Å². The molecule has 118 valence electrons. The summed E-state index contributed by atoms with van der Waals surface area (Å²) in [7, 11) is 0. The number of benzene rings is 1. The third-order valence-electron chi connectivity index (χ3n) is 3.60. The average molecular weight is 305 g/mol. The number of amides is 1. The summed E-state index contributed by atoms with van der Waals surface area (Å²) in [5.74, 6) is -0.253. The fourth-order valence-electron chi connectivity index (χ4n) is 1.73. The normalized spacial score (nSPS) is 13.1. The van der Waals surface area contributed by atoms with Gasteiger partial charge in [-0.2, -0.15) is 5.26 Å². The van der Waals surface area contributed by atoms with E-state index in [9.17, 15) is 14.9 Å². The summed E-state index contributed by atoms with van der Waals surface area (Å²) in [5.41, 5.74) is -0.702. The third kappa shape index (κ3) is 3.95. The van der Waals surface area contributed by atoms with Crippen LogP contribution in [0.25, 0.3) is 0 Å². The fourth-order valence-corrected chi connectivity index (χ4v) is 1.73. The summed E-state index contributed by atoms with van der Waals surface area (Å²) in [4.78, 5) is 22.2. The lowest BCUT2D eigenvalue weighted by Crippen LogP contribution is -2.50. The number of nitrogens with zero attached hydrogens (tertiary/aromatic N) is 2. The highest BCUT2D eigenvalue weighted by Gasteiger charge is 2.30. The lowest BCUT2D eigenvalue weighted by molar-refractivity contribution is -0.385. The molecule has 0 aliphatic rings. The van der Waals surface area contributed by atoms with Crippen molar-refractivity contribution in [1.82, 2.24) is 5.32 Å². The molecule has 0 bridgehead atoms. The van der Waals surface area contributed by atoms with E-state index in [-0.39, 0.29) is 24.0 Å². The van der Waals surface area contributed by atoms with E-state index in [1.807, 2.05) is 13.8 Å². The van der Waals surface area contributed by atoms with Crippen LogP contribution in [0, 0.1) is 34.3 Å². The molecule has 0 saturated heterocycles. The van der Waals surface area contributed by atoms with Crippen molar-refractivity contribution in [2.45, 2.75) is 33.2 Å². The molecule has 0 radical (unpaired) electrons. The Morgan fingerprint density at radius 1 is 1.55 bits per heavy atom. The second-order valence-corrected chi connectivity index (χ2v) is 5.46. The molecular formula is C15H19N3O4. The lowest BCUT2D eigenvalue weighted by atomic mass is 9.90. The Bertz CT molecular complexity index is 622. The first kappa shape index (κ1) is 17.4. The molecule has 0 heterocycles. The van der Waals surface area contributed by atoms with E-state index in [2.05, 4.69) is 11.4 Å². The maximum atomic E-state index is 11.9. The Balaban J connectivity index is 2.76. The zero-order valence-electron chi connectivity index (χ0n) is 13.0. The quantitative estimate of drug-likeness (QED) is 0.641. The van der Waals surface area contributed by atoms with Crippen molar-refractivity contribution in [3.05, 3.63) is 33.9 Å². The minimum atomic E-state index is -0.988. The van der Waals surface area contributed by atoms with Crippen LogP contribution in [-0.4, -0.2) is 23.0 Å². The Morgan fingerprint density at radius 2 is 2.18 bits per heavy atom. The second-order valence-electron chi connectivity index (χ2n) is 5.46. The van der Waals surface area contributed by atoms with Crippen LogP contribution in [0.1, 0.15) is 26.3 Å². The van der Waals surface area contributed by atoms with Crippen LogP contribution < -0.4 is 10.1 Å². The standard InChI is InChI=1S/C15H19N3O4/c1-10(2)15(4,9-16)17-14(19)8-22-13-7-5-6-12(11(13)3)18(20)21/h5-7,10H,8H2,1-4H3,(H,17,19). The van der Waals surface area contributed by atoms with Crippen LogP contribution in [0.3, 0.4) is 0 Å². The molecule has 1 unspecified atom stereocenters. The summed E-state index contributed by atoms with van der Waals surface area (Å²) in [5, 5.41) is 22.6. The molecule has 0 fully saturated rings. The zero-order chi connectivity index (χ0) is 16.9. The van der Waals surface area contributed by atoms with Gasteiger partial charge in [0.25, 0.3) is 11.6 Å². The lowest BCUT2D eigenvalue weighted by Gasteiger charge is -2.27. The molecule has 1 atom stereocenters. The maximum absolute atomic E-state index is 11.9. The van der Waals surface area contributed by atoms with E-state index < -0.39 is 16.4 Å². The number of rotatable bonds is 6. The molecule has 1 N–H and O–H groups in total. The van der Waals surface area contributed by atoms with Gasteiger partial charge < -0.3 is 10.1 Å². The van der Waals surface area contributed by atoms with Crippen molar-refractivity contribution < 1.29 is 14.5 Å². The van der Waals surface area contributed by atoms with Crippen molar-refractivity contribution in [2.24, 2.45) is 5.92 Å². The van der Waals surface area contributed by atoms with Crippen LogP contribution in [0.15, 0.2) is 18.2 Å². The van der Waals surface area contributed by atoms with Gasteiger partial charge in [0, 0.05) is 6.07 Å². The fraction of sp³-hybridized carbons (Fsp3) is 0.467. The van der Waals surface area contributed by atoms with Crippen LogP contribution in [0.2, 0.25) is 0 Å². The molecule has 22 heavy (non-hydrogen) atoms. The molecule has 0 aliphatic carbocycles. The Kier molecular flexibility index (Phi) is 5.46. The van der Waals surface area contributed by atoms with Crippen molar-refractivity contribution in [2.75, 3.05) is 6.61 Å². The molecule has 0 saturated carbocycles. The van der Waals surface area contributed by atoms with Crippen LogP contribution >= 0.6 is 0 Å². The molecule has 1 aromatic rings. The predicted molar refractivity (Wildman–Crippen MR) is 80.3 cm³/mol. The first-order valence-electron chi connectivity index (χ1n) is 6.80. The van der Waals surface area contributed by atoms with Crippen molar-refractivity contribution in [3.63, 3.8) is 0 Å². The minimum Gasteiger partial charge on any atom is -0.483 e. The zero-order valence-corrected chi connectivity index (χ0v) is 13.0. The molecule has 0 aliphatic heterocycles. The number of nitro groups is 1. The number of ether oxygens (including phenoxy) is 1. The largest absolute Gasteiger partial charge is 0.483 e. The van der Waals surface area contributed by atoms with Crippen LogP contribution in [0.5, 0.6) is 5.75 Å². The molecule has 1 aromatic carbocycles. The first-order valence-corrected chi connectivity index (χ1v) is 6.80. The van der Waals surface area contributed by atoms with Crippen LogP contribution in [-0.2, 0) is 4.79 Å². The molecule has 7 nitrogen and oxygen atoms in total. The smallest absolute Gasteiger partial charge is 0.276 e. The van der Waals surface area contributed by atoms with Gasteiger partial charge in [0.05, 0.1) is 16.6 Å². The number of nitrogens with one attached hydrogen (secondary N) is 1. The monoisotopic (exact) mass is 305 g/mol. The molecule has 1 amide bonds. The Labute approximate surface area is 129 Å². The van der Waals surface area contributed by atoms with Gasteiger partial charge in [0.15, 0.2) is 6.61 Å². The predicted octanol–water partition coefficient (Wildman–Crippen LogP) is 2.34. The van der Waals surface area contributed by atoms with E-state index in [4.69, 9.17) is 10.00 Å². The van der Waals surface area contributed by atoms with Gasteiger partial charge in [0.1, 0.15) is 11.3 Å². The first-order chi connectivity index (χ1) is 10.2. The van der Waals surface area contributed by atoms with E-state index in [1.165, 1.54) is 12.1 Å². The summed E-state index contributed by atoms with van der Waals surface area (Å²) < 4.78 is 5.33. The van der Waals surface area contributed by atoms with Gasteiger partial charge in [-0.1, -0.05) is 19.9 Å². The van der Waals surface area contributed by atoms with E-state index in [1.54, 1.807) is 19.9 Å². The molecular weight excluding hydrogens is 286 g/mol. The van der Waals surface area contributed by atoms with Crippen molar-refractivity contribution >= 4 is 11.6 Å². The number of hydrogen-bond donors (Lipinski definition) is 1. The molecule has 0 aromatic heterocycles. The molecule has 7 heteroatoms. The van der Waals surface area contributed by atoms with Crippen molar-refractivity contribution in [3.8, 4) is 11.8 Å². The number of hydrogen-bond acceptors (Lipinski definition) is 5. The number of carbonyl (C=O) groups excluding carboxylic acids is 1. The van der Waals surface area contributed by atoms with Gasteiger partial charge >= 0.3 is 0 Å². The molecule has 1 rings (SSSR count). The average Bonchev–Trinajstić information content (AvgIpc) is 2.45.